The molecule has 0 amide bonds. The molecule has 0 aliphatic heterocycles. The first kappa shape index (κ1) is 11.9. The third kappa shape index (κ3) is 2.25. The van der Waals surface area contributed by atoms with Crippen LogP contribution in [0.2, 0.25) is 0 Å². The van der Waals surface area contributed by atoms with Crippen molar-refractivity contribution in [1.29, 1.82) is 0 Å². The van der Waals surface area contributed by atoms with E-state index in [-0.39, 0.29) is 0 Å². The Kier molecular flexibility index (Phi) is 4.01. The van der Waals surface area contributed by atoms with Crippen molar-refractivity contribution < 1.29 is 0 Å². The van der Waals surface area contributed by atoms with Gasteiger partial charge in [-0.15, -0.1) is 0 Å². The molecular formula is C13H22N2. The average Bonchev–Trinajstić information content (AvgIpc) is 2.25. The van der Waals surface area contributed by atoms with E-state index in [0.29, 0.717) is 0 Å². The number of aryl methyl sites for hydroxylation is 1. The average molecular weight is 206 g/mol. The number of hydrogen-bond donors (Lipinski definition) is 1. The van der Waals surface area contributed by atoms with Gasteiger partial charge in [-0.2, -0.15) is 0 Å². The van der Waals surface area contributed by atoms with Gasteiger partial charge in [-0.1, -0.05) is 13.0 Å². The summed E-state index contributed by atoms with van der Waals surface area (Å²) in [5.41, 5.74) is 10.9. The Hall–Kier alpha value is -1.18. The number of nitrogens with two attached hydrogens (primary N) is 1. The van der Waals surface area contributed by atoms with Crippen LogP contribution in [0.15, 0.2) is 12.1 Å². The summed E-state index contributed by atoms with van der Waals surface area (Å²) in [7, 11) is 0. The van der Waals surface area contributed by atoms with Crippen molar-refractivity contribution in [2.45, 2.75) is 34.1 Å². The van der Waals surface area contributed by atoms with Crippen LogP contribution in [0.4, 0.5) is 11.4 Å². The first-order valence-electron chi connectivity index (χ1n) is 5.78. The Labute approximate surface area is 93.1 Å². The minimum atomic E-state index is 0.921. The maximum absolute atomic E-state index is 6.02. The molecule has 2 heteroatoms. The van der Waals surface area contributed by atoms with Crippen LogP contribution in [-0.4, -0.2) is 13.1 Å². The summed E-state index contributed by atoms with van der Waals surface area (Å²) >= 11 is 0. The summed E-state index contributed by atoms with van der Waals surface area (Å²) in [6.07, 6.45) is 0.999. The predicted octanol–water partition coefficient (Wildman–Crippen LogP) is 2.99. The summed E-state index contributed by atoms with van der Waals surface area (Å²) in [5, 5.41) is 0. The van der Waals surface area contributed by atoms with E-state index in [1.165, 1.54) is 16.8 Å². The number of benzene rings is 1. The van der Waals surface area contributed by atoms with Crippen molar-refractivity contribution in [2.75, 3.05) is 23.7 Å². The predicted molar refractivity (Wildman–Crippen MR) is 68.5 cm³/mol. The summed E-state index contributed by atoms with van der Waals surface area (Å²) in [5.74, 6) is 0. The molecule has 0 aliphatic carbocycles. The zero-order chi connectivity index (χ0) is 11.4. The molecule has 0 saturated heterocycles. The Morgan fingerprint density at radius 2 is 1.73 bits per heavy atom. The van der Waals surface area contributed by atoms with Crippen LogP contribution in [0.1, 0.15) is 31.9 Å². The fraction of sp³-hybridized carbons (Fsp3) is 0.538. The van der Waals surface area contributed by atoms with E-state index in [1.54, 1.807) is 0 Å². The number of anilines is 2. The summed E-state index contributed by atoms with van der Waals surface area (Å²) in [4.78, 5) is 2.38. The second-order valence-electron chi connectivity index (χ2n) is 3.82. The maximum Gasteiger partial charge on any atom is 0.0448 e. The van der Waals surface area contributed by atoms with Crippen molar-refractivity contribution in [2.24, 2.45) is 0 Å². The van der Waals surface area contributed by atoms with Crippen molar-refractivity contribution >= 4 is 11.4 Å². The fourth-order valence-corrected chi connectivity index (χ4v) is 2.12. The van der Waals surface area contributed by atoms with Gasteiger partial charge in [0.2, 0.25) is 0 Å². The largest absolute Gasteiger partial charge is 0.398 e. The standard InChI is InChI=1S/C13H22N2/c1-5-11-12(14)9-8-10(4)13(11)15(6-2)7-3/h8-9H,5-7,14H2,1-4H3. The summed E-state index contributed by atoms with van der Waals surface area (Å²) < 4.78 is 0. The lowest BCUT2D eigenvalue weighted by molar-refractivity contribution is 0.852. The van der Waals surface area contributed by atoms with Gasteiger partial charge < -0.3 is 10.6 Å². The molecule has 0 aromatic heterocycles. The molecule has 0 unspecified atom stereocenters. The van der Waals surface area contributed by atoms with Gasteiger partial charge >= 0.3 is 0 Å². The zero-order valence-corrected chi connectivity index (χ0v) is 10.3. The fourth-order valence-electron chi connectivity index (χ4n) is 2.12. The van der Waals surface area contributed by atoms with Gasteiger partial charge in [0.1, 0.15) is 0 Å². The first-order valence-corrected chi connectivity index (χ1v) is 5.78. The quantitative estimate of drug-likeness (QED) is 0.767. The van der Waals surface area contributed by atoms with Crippen LogP contribution >= 0.6 is 0 Å². The lowest BCUT2D eigenvalue weighted by Crippen LogP contribution is -2.24. The van der Waals surface area contributed by atoms with Gasteiger partial charge in [0.25, 0.3) is 0 Å². The monoisotopic (exact) mass is 206 g/mol. The molecule has 2 nitrogen and oxygen atoms in total. The Morgan fingerprint density at radius 3 is 2.20 bits per heavy atom. The highest BCUT2D eigenvalue weighted by molar-refractivity contribution is 5.68. The Morgan fingerprint density at radius 1 is 1.13 bits per heavy atom. The SMILES string of the molecule is CCc1c(N)ccc(C)c1N(CC)CC. The van der Waals surface area contributed by atoms with Crippen molar-refractivity contribution in [3.05, 3.63) is 23.3 Å². The molecular weight excluding hydrogens is 184 g/mol. The molecule has 0 aliphatic rings. The highest BCUT2D eigenvalue weighted by Gasteiger charge is 2.12. The second-order valence-corrected chi connectivity index (χ2v) is 3.82. The van der Waals surface area contributed by atoms with Gasteiger partial charge in [-0.05, 0) is 44.4 Å². The van der Waals surface area contributed by atoms with Gasteiger partial charge in [0.05, 0.1) is 0 Å². The molecule has 0 fully saturated rings. The molecule has 0 radical (unpaired) electrons. The number of rotatable bonds is 4. The molecule has 1 rings (SSSR count). The van der Waals surface area contributed by atoms with Crippen molar-refractivity contribution in [3.63, 3.8) is 0 Å². The van der Waals surface area contributed by atoms with Crippen LogP contribution in [0.25, 0.3) is 0 Å². The summed E-state index contributed by atoms with van der Waals surface area (Å²) in [6.45, 7) is 10.8. The molecule has 0 spiro atoms. The third-order valence-corrected chi connectivity index (χ3v) is 2.95. The minimum Gasteiger partial charge on any atom is -0.398 e. The van der Waals surface area contributed by atoms with E-state index in [0.717, 1.165) is 25.2 Å². The highest BCUT2D eigenvalue weighted by Crippen LogP contribution is 2.30. The molecule has 0 saturated carbocycles. The van der Waals surface area contributed by atoms with E-state index in [4.69, 9.17) is 5.73 Å². The van der Waals surface area contributed by atoms with Crippen LogP contribution in [-0.2, 0) is 6.42 Å². The lowest BCUT2D eigenvalue weighted by Gasteiger charge is -2.26. The number of hydrogen-bond acceptors (Lipinski definition) is 2. The minimum absolute atomic E-state index is 0.921. The molecule has 2 N–H and O–H groups in total. The molecule has 1 aromatic carbocycles. The Bertz CT molecular complexity index is 328. The molecule has 15 heavy (non-hydrogen) atoms. The van der Waals surface area contributed by atoms with E-state index < -0.39 is 0 Å². The zero-order valence-electron chi connectivity index (χ0n) is 10.3. The van der Waals surface area contributed by atoms with E-state index in [1.807, 2.05) is 6.07 Å². The topological polar surface area (TPSA) is 29.3 Å². The maximum atomic E-state index is 6.02. The molecule has 84 valence electrons. The number of nitrogens with zero attached hydrogens (tertiary/aromatic N) is 1. The lowest BCUT2D eigenvalue weighted by atomic mass is 10.0. The normalized spacial score (nSPS) is 10.4. The first-order chi connectivity index (χ1) is 7.15. The van der Waals surface area contributed by atoms with Crippen LogP contribution < -0.4 is 10.6 Å². The van der Waals surface area contributed by atoms with Crippen molar-refractivity contribution in [3.8, 4) is 0 Å². The van der Waals surface area contributed by atoms with E-state index >= 15 is 0 Å². The van der Waals surface area contributed by atoms with Crippen LogP contribution in [0, 0.1) is 6.92 Å². The van der Waals surface area contributed by atoms with Crippen LogP contribution in [0.5, 0.6) is 0 Å². The van der Waals surface area contributed by atoms with Crippen LogP contribution in [0.3, 0.4) is 0 Å². The molecule has 0 heterocycles. The van der Waals surface area contributed by atoms with Gasteiger partial charge in [0.15, 0.2) is 0 Å². The van der Waals surface area contributed by atoms with E-state index in [2.05, 4.69) is 38.7 Å². The molecule has 0 atom stereocenters. The van der Waals surface area contributed by atoms with Gasteiger partial charge in [-0.25, -0.2) is 0 Å². The Balaban J connectivity index is 3.29. The molecule has 1 aromatic rings. The number of nitrogen functional groups attached to an aromatic ring is 1. The molecule has 0 bridgehead atoms. The second kappa shape index (κ2) is 5.06. The summed E-state index contributed by atoms with van der Waals surface area (Å²) in [6, 6.07) is 4.13. The smallest absolute Gasteiger partial charge is 0.0448 e. The van der Waals surface area contributed by atoms with E-state index in [9.17, 15) is 0 Å². The van der Waals surface area contributed by atoms with Crippen molar-refractivity contribution in [1.82, 2.24) is 0 Å². The van der Waals surface area contributed by atoms with Gasteiger partial charge in [0, 0.05) is 24.5 Å². The highest BCUT2D eigenvalue weighted by atomic mass is 15.1. The third-order valence-electron chi connectivity index (χ3n) is 2.95. The van der Waals surface area contributed by atoms with Gasteiger partial charge in [-0.3, -0.25) is 0 Å².